The van der Waals surface area contributed by atoms with Gasteiger partial charge in [-0.2, -0.15) is 0 Å². The number of hydrogen-bond acceptors (Lipinski definition) is 0. The number of hydrogen-bond donors (Lipinski definition) is 0. The van der Waals surface area contributed by atoms with Crippen LogP contribution in [0.25, 0.3) is 6.08 Å². The van der Waals surface area contributed by atoms with Crippen molar-refractivity contribution in [1.29, 1.82) is 0 Å². The van der Waals surface area contributed by atoms with Crippen LogP contribution in [0.3, 0.4) is 0 Å². The van der Waals surface area contributed by atoms with Gasteiger partial charge in [0.1, 0.15) is 0 Å². The van der Waals surface area contributed by atoms with Crippen molar-refractivity contribution in [3.05, 3.63) is 42.0 Å². The topological polar surface area (TPSA) is 0 Å². The van der Waals surface area contributed by atoms with Gasteiger partial charge in [0, 0.05) is 4.32 Å². The van der Waals surface area contributed by atoms with E-state index in [-0.39, 0.29) is 4.32 Å². The van der Waals surface area contributed by atoms with Crippen LogP contribution < -0.4 is 0 Å². The van der Waals surface area contributed by atoms with Crippen LogP contribution in [0.15, 0.2) is 30.8 Å². The van der Waals surface area contributed by atoms with Crippen molar-refractivity contribution in [3.8, 4) is 0 Å². The Morgan fingerprint density at radius 3 is 2.36 bits per heavy atom. The quantitative estimate of drug-likeness (QED) is 0.680. The molecule has 0 N–H and O–H groups in total. The van der Waals surface area contributed by atoms with Gasteiger partial charge in [0.2, 0.25) is 0 Å². The number of benzene rings is 1. The van der Waals surface area contributed by atoms with Crippen LogP contribution in [0, 0.1) is 0 Å². The molecule has 1 aromatic rings. The number of alkyl halides is 1. The third-order valence-electron chi connectivity index (χ3n) is 2.47. The number of halogens is 1. The molecule has 14 heavy (non-hydrogen) atoms. The van der Waals surface area contributed by atoms with E-state index in [9.17, 15) is 0 Å². The molecule has 1 aromatic carbocycles. The van der Waals surface area contributed by atoms with E-state index in [4.69, 9.17) is 0 Å². The van der Waals surface area contributed by atoms with Crippen molar-refractivity contribution >= 4 is 22.0 Å². The van der Waals surface area contributed by atoms with E-state index < -0.39 is 0 Å². The average molecular weight is 253 g/mol. The van der Waals surface area contributed by atoms with E-state index in [1.807, 2.05) is 6.08 Å². The Bertz CT molecular complexity index is 296. The molecule has 0 nitrogen and oxygen atoms in total. The molecule has 0 heterocycles. The van der Waals surface area contributed by atoms with Crippen LogP contribution in [-0.4, -0.2) is 0 Å². The predicted octanol–water partition coefficient (Wildman–Crippen LogP) is 4.74. The fourth-order valence-corrected chi connectivity index (χ4v) is 2.24. The maximum Gasteiger partial charge on any atom is 0.0477 e. The lowest BCUT2D eigenvalue weighted by Crippen LogP contribution is -2.11. The van der Waals surface area contributed by atoms with E-state index in [1.54, 1.807) is 0 Å². The van der Waals surface area contributed by atoms with E-state index in [0.717, 1.165) is 6.42 Å². The summed E-state index contributed by atoms with van der Waals surface area (Å²) in [5.41, 5.74) is 2.51. The highest BCUT2D eigenvalue weighted by atomic mass is 79.9. The highest BCUT2D eigenvalue weighted by molar-refractivity contribution is 9.09. The third kappa shape index (κ3) is 2.71. The molecule has 76 valence electrons. The van der Waals surface area contributed by atoms with Gasteiger partial charge in [0.05, 0.1) is 0 Å². The van der Waals surface area contributed by atoms with Gasteiger partial charge in [-0.1, -0.05) is 66.2 Å². The molecule has 0 aliphatic carbocycles. The zero-order valence-electron chi connectivity index (χ0n) is 8.89. The Kier molecular flexibility index (Phi) is 3.94. The van der Waals surface area contributed by atoms with Crippen molar-refractivity contribution in [2.45, 2.75) is 31.0 Å². The minimum atomic E-state index is 0.113. The Balaban J connectivity index is 2.90. The molecule has 0 saturated carbocycles. The number of rotatable bonds is 4. The molecule has 0 radical (unpaired) electrons. The minimum Gasteiger partial charge on any atom is -0.0985 e. The first-order valence-electron chi connectivity index (χ1n) is 5.02. The molecule has 0 saturated heterocycles. The Hall–Kier alpha value is -0.560. The van der Waals surface area contributed by atoms with Crippen LogP contribution in [0.2, 0.25) is 0 Å². The van der Waals surface area contributed by atoms with Crippen molar-refractivity contribution in [2.75, 3.05) is 0 Å². The largest absolute Gasteiger partial charge is 0.0985 e. The zero-order valence-corrected chi connectivity index (χ0v) is 10.5. The summed E-state index contributed by atoms with van der Waals surface area (Å²) < 4.78 is 0.113. The maximum absolute atomic E-state index is 3.77. The lowest BCUT2D eigenvalue weighted by Gasteiger charge is -2.22. The Labute approximate surface area is 95.2 Å². The first kappa shape index (κ1) is 11.5. The predicted molar refractivity (Wildman–Crippen MR) is 67.7 cm³/mol. The fourth-order valence-electron chi connectivity index (χ4n) is 1.58. The van der Waals surface area contributed by atoms with Crippen molar-refractivity contribution in [2.24, 2.45) is 0 Å². The van der Waals surface area contributed by atoms with Crippen molar-refractivity contribution < 1.29 is 0 Å². The van der Waals surface area contributed by atoms with Crippen molar-refractivity contribution in [3.63, 3.8) is 0 Å². The lowest BCUT2D eigenvalue weighted by atomic mass is 9.95. The van der Waals surface area contributed by atoms with Gasteiger partial charge in [-0.3, -0.25) is 0 Å². The Morgan fingerprint density at radius 2 is 1.93 bits per heavy atom. The second kappa shape index (κ2) is 4.79. The summed E-state index contributed by atoms with van der Waals surface area (Å²) in [4.78, 5) is 0. The molecule has 1 heteroatoms. The van der Waals surface area contributed by atoms with Crippen LogP contribution in [0.1, 0.15) is 37.8 Å². The highest BCUT2D eigenvalue weighted by Gasteiger charge is 2.20. The van der Waals surface area contributed by atoms with Crippen LogP contribution >= 0.6 is 15.9 Å². The summed E-state index contributed by atoms with van der Waals surface area (Å²) in [6.45, 7) is 8.18. The van der Waals surface area contributed by atoms with Gasteiger partial charge < -0.3 is 0 Å². The molecule has 0 spiro atoms. The SMILES string of the molecule is C=Cc1ccc(C(C)(Br)CCC)cc1. The van der Waals surface area contributed by atoms with E-state index >= 15 is 0 Å². The molecule has 0 bridgehead atoms. The normalized spacial score (nSPS) is 14.8. The Morgan fingerprint density at radius 1 is 1.36 bits per heavy atom. The maximum atomic E-state index is 3.77. The van der Waals surface area contributed by atoms with Gasteiger partial charge in [-0.25, -0.2) is 0 Å². The minimum absolute atomic E-state index is 0.113. The first-order chi connectivity index (χ1) is 6.60. The fraction of sp³-hybridized carbons (Fsp3) is 0.385. The lowest BCUT2D eigenvalue weighted by molar-refractivity contribution is 0.622. The summed E-state index contributed by atoms with van der Waals surface area (Å²) in [5.74, 6) is 0. The van der Waals surface area contributed by atoms with Crippen LogP contribution in [-0.2, 0) is 4.32 Å². The van der Waals surface area contributed by atoms with E-state index in [0.29, 0.717) is 0 Å². The summed E-state index contributed by atoms with van der Waals surface area (Å²) in [6, 6.07) is 8.55. The van der Waals surface area contributed by atoms with Gasteiger partial charge in [0.15, 0.2) is 0 Å². The van der Waals surface area contributed by atoms with Crippen LogP contribution in [0.5, 0.6) is 0 Å². The summed E-state index contributed by atoms with van der Waals surface area (Å²) >= 11 is 3.77. The second-order valence-corrected chi connectivity index (χ2v) is 5.52. The standard InChI is InChI=1S/C13H17Br/c1-4-10-13(3,14)12-8-6-11(5-2)7-9-12/h5-9H,2,4,10H2,1,3H3. The van der Waals surface area contributed by atoms with Gasteiger partial charge in [-0.15, -0.1) is 0 Å². The van der Waals surface area contributed by atoms with Gasteiger partial charge in [-0.05, 0) is 24.5 Å². The van der Waals surface area contributed by atoms with Crippen molar-refractivity contribution in [1.82, 2.24) is 0 Å². The first-order valence-corrected chi connectivity index (χ1v) is 5.81. The zero-order chi connectivity index (χ0) is 10.6. The molecule has 0 fully saturated rings. The smallest absolute Gasteiger partial charge is 0.0477 e. The summed E-state index contributed by atoms with van der Waals surface area (Å²) in [6.07, 6.45) is 4.21. The molecule has 0 aliphatic heterocycles. The molecule has 1 rings (SSSR count). The average Bonchev–Trinajstić information content (AvgIpc) is 2.18. The molecule has 0 amide bonds. The molecule has 0 aliphatic rings. The highest BCUT2D eigenvalue weighted by Crippen LogP contribution is 2.35. The second-order valence-electron chi connectivity index (χ2n) is 3.77. The molecule has 1 unspecified atom stereocenters. The summed E-state index contributed by atoms with van der Waals surface area (Å²) in [7, 11) is 0. The monoisotopic (exact) mass is 252 g/mol. The van der Waals surface area contributed by atoms with Crippen LogP contribution in [0.4, 0.5) is 0 Å². The third-order valence-corrected chi connectivity index (χ3v) is 3.32. The summed E-state index contributed by atoms with van der Waals surface area (Å²) in [5, 5.41) is 0. The van der Waals surface area contributed by atoms with E-state index in [2.05, 4.69) is 60.6 Å². The van der Waals surface area contributed by atoms with Gasteiger partial charge in [0.25, 0.3) is 0 Å². The molecule has 0 aromatic heterocycles. The van der Waals surface area contributed by atoms with E-state index in [1.165, 1.54) is 17.5 Å². The van der Waals surface area contributed by atoms with Gasteiger partial charge >= 0.3 is 0 Å². The molecule has 1 atom stereocenters. The molecular formula is C13H17Br. The molecular weight excluding hydrogens is 236 g/mol.